The number of aliphatic hydroxyl groups excluding tert-OH is 1. The molecule has 5 aliphatic rings. The van der Waals surface area contributed by atoms with Crippen molar-refractivity contribution in [3.05, 3.63) is 90.5 Å². The van der Waals surface area contributed by atoms with Crippen LogP contribution in [0.25, 0.3) is 0 Å². The van der Waals surface area contributed by atoms with Crippen LogP contribution in [-0.2, 0) is 37.1 Å². The molecule has 2 aromatic carbocycles. The van der Waals surface area contributed by atoms with Crippen molar-refractivity contribution in [2.75, 3.05) is 45.8 Å². The maximum absolute atomic E-state index is 14.3. The predicted molar refractivity (Wildman–Crippen MR) is 209 cm³/mol. The van der Waals surface area contributed by atoms with E-state index in [-0.39, 0.29) is 55.1 Å². The molecule has 310 valence electrons. The molecule has 58 heavy (non-hydrogen) atoms. The van der Waals surface area contributed by atoms with Crippen molar-refractivity contribution in [2.45, 2.75) is 75.8 Å². The lowest BCUT2D eigenvalue weighted by molar-refractivity contribution is -0.385. The van der Waals surface area contributed by atoms with Crippen LogP contribution in [0.2, 0.25) is 0 Å². The number of rotatable bonds is 12. The highest BCUT2D eigenvalue weighted by Gasteiger charge is 2.61. The third-order valence-electron chi connectivity index (χ3n) is 11.9. The Bertz CT molecular complexity index is 1950. The summed E-state index contributed by atoms with van der Waals surface area (Å²) in [4.78, 5) is 84.1. The van der Waals surface area contributed by atoms with Gasteiger partial charge >= 0.3 is 12.1 Å². The minimum Gasteiger partial charge on any atom is -0.456 e. The van der Waals surface area contributed by atoms with Gasteiger partial charge in [0.1, 0.15) is 25.0 Å². The maximum Gasteiger partial charge on any atom is 0.410 e. The molecule has 7 rings (SSSR count). The van der Waals surface area contributed by atoms with Gasteiger partial charge in [-0.3, -0.25) is 39.6 Å². The van der Waals surface area contributed by atoms with Gasteiger partial charge in [0.15, 0.2) is 0 Å². The number of piperidine rings is 1. The van der Waals surface area contributed by atoms with Crippen LogP contribution in [0.5, 0.6) is 0 Å². The number of piperazine rings is 1. The summed E-state index contributed by atoms with van der Waals surface area (Å²) in [6.07, 6.45) is 0.643. The average molecular weight is 822 g/mol. The lowest BCUT2D eigenvalue weighted by Crippen LogP contribution is -2.63. The number of esters is 1. The van der Waals surface area contributed by atoms with E-state index < -0.39 is 57.2 Å². The van der Waals surface area contributed by atoms with E-state index in [9.17, 15) is 44.5 Å². The van der Waals surface area contributed by atoms with Crippen LogP contribution in [0.15, 0.2) is 59.1 Å². The van der Waals surface area contributed by atoms with Crippen molar-refractivity contribution in [3.8, 4) is 0 Å². The van der Waals surface area contributed by atoms with Crippen molar-refractivity contribution < 1.29 is 43.6 Å². The number of nitrogens with zero attached hydrogens (tertiary/aromatic N) is 6. The van der Waals surface area contributed by atoms with Gasteiger partial charge < -0.3 is 29.7 Å². The summed E-state index contributed by atoms with van der Waals surface area (Å²) in [5, 5.41) is 35.7. The SMILES string of the molecule is C[C@@H](O)[C@H]1C(=O)N2C(C(=O)OCc3ccc([N+](=O)[O-])cc3)=C(S[C@H]3C[C@@H](C(=O)N4CCN(C5CCNCC5)CC4)N(C(=O)OCc4ccc([N+](=O)[O-])cc4)C3)[C@H](C)[C@H]12. The number of nitro groups is 2. The van der Waals surface area contributed by atoms with Crippen LogP contribution < -0.4 is 5.32 Å². The highest BCUT2D eigenvalue weighted by atomic mass is 32.2. The van der Waals surface area contributed by atoms with Gasteiger partial charge in [-0.2, -0.15) is 0 Å². The highest BCUT2D eigenvalue weighted by Crippen LogP contribution is 2.52. The minimum absolute atomic E-state index is 0.0439. The number of nitro benzene ring substituents is 2. The Kier molecular flexibility index (Phi) is 12.3. The summed E-state index contributed by atoms with van der Waals surface area (Å²) < 4.78 is 11.4. The van der Waals surface area contributed by atoms with Crippen molar-refractivity contribution in [1.29, 1.82) is 0 Å². The van der Waals surface area contributed by atoms with Gasteiger partial charge in [0.25, 0.3) is 11.4 Å². The summed E-state index contributed by atoms with van der Waals surface area (Å²) in [6, 6.07) is 10.3. The van der Waals surface area contributed by atoms with Crippen LogP contribution in [-0.4, -0.2) is 134 Å². The van der Waals surface area contributed by atoms with Crippen LogP contribution in [0.3, 0.4) is 0 Å². The van der Waals surface area contributed by atoms with E-state index in [4.69, 9.17) is 9.47 Å². The molecule has 2 N–H and O–H groups in total. The molecule has 0 unspecified atom stereocenters. The zero-order valence-electron chi connectivity index (χ0n) is 32.3. The topological polar surface area (TPSA) is 218 Å². The molecule has 4 saturated heterocycles. The van der Waals surface area contributed by atoms with Gasteiger partial charge in [-0.25, -0.2) is 9.59 Å². The number of amides is 3. The number of carbonyl (C=O) groups is 4. The smallest absolute Gasteiger partial charge is 0.410 e. The number of non-ortho nitro benzene ring substituents is 2. The summed E-state index contributed by atoms with van der Waals surface area (Å²) in [5.41, 5.74) is 0.866. The number of aliphatic hydroxyl groups is 1. The van der Waals surface area contributed by atoms with Crippen molar-refractivity contribution >= 4 is 47.0 Å². The zero-order valence-corrected chi connectivity index (χ0v) is 33.1. The van der Waals surface area contributed by atoms with Gasteiger partial charge in [0.2, 0.25) is 11.8 Å². The van der Waals surface area contributed by atoms with Gasteiger partial charge in [0.05, 0.1) is 27.9 Å². The molecule has 0 spiro atoms. The molecule has 4 fully saturated rings. The van der Waals surface area contributed by atoms with E-state index in [0.717, 1.165) is 39.0 Å². The first-order valence-electron chi connectivity index (χ1n) is 19.5. The van der Waals surface area contributed by atoms with E-state index in [1.54, 1.807) is 4.90 Å². The first-order valence-corrected chi connectivity index (χ1v) is 20.4. The molecular formula is C39H47N7O11S. The first kappa shape index (κ1) is 41.1. The Labute approximate surface area is 338 Å². The van der Waals surface area contributed by atoms with Gasteiger partial charge in [-0.05, 0) is 74.7 Å². The second-order valence-corrected chi connectivity index (χ2v) is 16.8. The Morgan fingerprint density at radius 3 is 2.03 bits per heavy atom. The molecule has 19 heteroatoms. The van der Waals surface area contributed by atoms with Gasteiger partial charge in [-0.15, -0.1) is 11.8 Å². The average Bonchev–Trinajstić information content (AvgIpc) is 3.76. The third-order valence-corrected chi connectivity index (χ3v) is 13.3. The van der Waals surface area contributed by atoms with Crippen LogP contribution >= 0.6 is 11.8 Å². The summed E-state index contributed by atoms with van der Waals surface area (Å²) in [7, 11) is 0. The molecule has 0 radical (unpaired) electrons. The Hall–Kier alpha value is -5.11. The quantitative estimate of drug-likeness (QED) is 0.136. The number of hydrogen-bond donors (Lipinski definition) is 2. The normalized spacial score (nSPS) is 25.6. The number of β-lactam (4-membered cyclic amide) rings is 1. The minimum atomic E-state index is -0.970. The van der Waals surface area contributed by atoms with Gasteiger partial charge in [-0.1, -0.05) is 6.92 Å². The monoisotopic (exact) mass is 821 g/mol. The standard InChI is InChI=1S/C39H47N7O11S/c1-23-33-32(24(2)47)37(49)44(33)34(38(50)56-21-25-3-7-28(8-4-25)45(52)53)35(23)58-30-19-31(36(48)42-17-15-41(16-18-42)27-11-13-40-14-12-27)43(20-30)39(51)57-22-26-5-9-29(10-6-26)46(54)55/h3-10,23-24,27,30-33,40,47H,11-22H2,1-2H3/t23-,24-,30+,31+,32-,33-/m1/s1. The lowest BCUT2D eigenvalue weighted by Gasteiger charge is -2.46. The second-order valence-electron chi connectivity index (χ2n) is 15.4. The number of carbonyl (C=O) groups excluding carboxylic acids is 4. The fourth-order valence-corrected chi connectivity index (χ4v) is 10.3. The number of nitrogens with one attached hydrogen (secondary N) is 1. The molecule has 6 atom stereocenters. The molecule has 3 amide bonds. The number of thioether (sulfide) groups is 1. The van der Waals surface area contributed by atoms with Crippen LogP contribution in [0.4, 0.5) is 16.2 Å². The van der Waals surface area contributed by atoms with E-state index in [0.29, 0.717) is 35.2 Å². The van der Waals surface area contributed by atoms with Crippen molar-refractivity contribution in [1.82, 2.24) is 24.9 Å². The molecular weight excluding hydrogens is 775 g/mol. The summed E-state index contributed by atoms with van der Waals surface area (Å²) in [5.74, 6) is -2.51. The van der Waals surface area contributed by atoms with E-state index >= 15 is 0 Å². The molecule has 5 heterocycles. The first-order chi connectivity index (χ1) is 27.8. The molecule has 0 saturated carbocycles. The molecule has 2 aromatic rings. The Balaban J connectivity index is 1.10. The number of likely N-dealkylation sites (tertiary alicyclic amines) is 1. The van der Waals surface area contributed by atoms with E-state index in [1.807, 2.05) is 6.92 Å². The Morgan fingerprint density at radius 1 is 0.914 bits per heavy atom. The van der Waals surface area contributed by atoms with E-state index in [2.05, 4.69) is 10.2 Å². The summed E-state index contributed by atoms with van der Waals surface area (Å²) in [6.45, 7) is 7.49. The lowest BCUT2D eigenvalue weighted by atomic mass is 9.79. The number of benzene rings is 2. The van der Waals surface area contributed by atoms with Crippen LogP contribution in [0.1, 0.15) is 44.2 Å². The molecule has 0 bridgehead atoms. The zero-order chi connectivity index (χ0) is 41.2. The molecule has 0 aromatic heterocycles. The second kappa shape index (κ2) is 17.4. The summed E-state index contributed by atoms with van der Waals surface area (Å²) >= 11 is 1.31. The number of fused-ring (bicyclic) bond motifs is 1. The highest BCUT2D eigenvalue weighted by molar-refractivity contribution is 8.03. The number of hydrogen-bond acceptors (Lipinski definition) is 14. The Morgan fingerprint density at radius 2 is 1.48 bits per heavy atom. The third kappa shape index (κ3) is 8.39. The van der Waals surface area contributed by atoms with Crippen molar-refractivity contribution in [2.24, 2.45) is 11.8 Å². The van der Waals surface area contributed by atoms with E-state index in [1.165, 1.54) is 77.0 Å². The molecule has 0 aliphatic carbocycles. The maximum atomic E-state index is 14.3. The largest absolute Gasteiger partial charge is 0.456 e. The van der Waals surface area contributed by atoms with Crippen molar-refractivity contribution in [3.63, 3.8) is 0 Å². The number of ether oxygens (including phenoxy) is 2. The van der Waals surface area contributed by atoms with Gasteiger partial charge in [0, 0.05) is 79.1 Å². The fourth-order valence-electron chi connectivity index (χ4n) is 8.73. The molecule has 18 nitrogen and oxygen atoms in total. The molecule has 5 aliphatic heterocycles. The predicted octanol–water partition coefficient (Wildman–Crippen LogP) is 3.02. The fraction of sp³-hybridized carbons (Fsp3) is 0.538. The van der Waals surface area contributed by atoms with Crippen LogP contribution in [0, 0.1) is 32.1 Å².